The van der Waals surface area contributed by atoms with Crippen LogP contribution in [0.4, 0.5) is 5.69 Å². The number of aromatic nitrogens is 2. The molecule has 0 unspecified atom stereocenters. The molecule has 31 heavy (non-hydrogen) atoms. The second-order valence-electron chi connectivity index (χ2n) is 7.58. The molecule has 9 heteroatoms. The normalized spacial score (nSPS) is 13.8. The van der Waals surface area contributed by atoms with Crippen molar-refractivity contribution >= 4 is 33.0 Å². The highest BCUT2D eigenvalue weighted by molar-refractivity contribution is 7.90. The number of fused-ring (bicyclic) bond motifs is 1. The molecule has 1 aliphatic heterocycles. The van der Waals surface area contributed by atoms with E-state index >= 15 is 0 Å². The Morgan fingerprint density at radius 3 is 2.71 bits per heavy atom. The molecule has 162 valence electrons. The molecular formula is C22H22ClN3O4S. The van der Waals surface area contributed by atoms with Crippen molar-refractivity contribution in [2.24, 2.45) is 0 Å². The molecule has 0 bridgehead atoms. The minimum absolute atomic E-state index is 0.00509. The van der Waals surface area contributed by atoms with E-state index in [-0.39, 0.29) is 10.8 Å². The van der Waals surface area contributed by atoms with Gasteiger partial charge in [0.05, 0.1) is 4.90 Å². The number of anilines is 1. The number of carbonyl (C=O) groups is 1. The highest BCUT2D eigenvalue weighted by atomic mass is 35.5. The summed E-state index contributed by atoms with van der Waals surface area (Å²) in [6, 6.07) is 12.2. The van der Waals surface area contributed by atoms with Crippen molar-refractivity contribution in [2.75, 3.05) is 17.7 Å². The zero-order chi connectivity index (χ0) is 22.0. The highest BCUT2D eigenvalue weighted by Crippen LogP contribution is 2.30. The molecule has 0 atom stereocenters. The predicted octanol–water partition coefficient (Wildman–Crippen LogP) is 4.10. The predicted molar refractivity (Wildman–Crippen MR) is 118 cm³/mol. The molecule has 4 rings (SSSR count). The van der Waals surface area contributed by atoms with Crippen molar-refractivity contribution in [3.8, 4) is 11.4 Å². The average molecular weight is 460 g/mol. The molecule has 0 saturated heterocycles. The van der Waals surface area contributed by atoms with E-state index in [0.717, 1.165) is 29.7 Å². The van der Waals surface area contributed by atoms with Gasteiger partial charge in [-0.15, -0.1) is 0 Å². The summed E-state index contributed by atoms with van der Waals surface area (Å²) in [5.41, 5.74) is 2.51. The van der Waals surface area contributed by atoms with E-state index in [4.69, 9.17) is 16.1 Å². The summed E-state index contributed by atoms with van der Waals surface area (Å²) in [6.07, 6.45) is 4.18. The van der Waals surface area contributed by atoms with Crippen molar-refractivity contribution in [3.63, 3.8) is 0 Å². The number of carbonyl (C=O) groups excluding carboxylic acids is 1. The first kappa shape index (κ1) is 21.5. The molecule has 1 amide bonds. The monoisotopic (exact) mass is 459 g/mol. The Kier molecular flexibility index (Phi) is 6.11. The van der Waals surface area contributed by atoms with E-state index in [1.165, 1.54) is 6.26 Å². The topological polar surface area (TPSA) is 93.4 Å². The van der Waals surface area contributed by atoms with E-state index in [0.29, 0.717) is 42.5 Å². The Morgan fingerprint density at radius 2 is 1.97 bits per heavy atom. The third-order valence-electron chi connectivity index (χ3n) is 5.25. The van der Waals surface area contributed by atoms with Gasteiger partial charge in [-0.2, -0.15) is 4.98 Å². The van der Waals surface area contributed by atoms with Gasteiger partial charge in [0.1, 0.15) is 0 Å². The summed E-state index contributed by atoms with van der Waals surface area (Å²) in [4.78, 5) is 19.2. The van der Waals surface area contributed by atoms with E-state index in [9.17, 15) is 13.2 Å². The molecule has 0 aliphatic carbocycles. The third kappa shape index (κ3) is 4.97. The summed E-state index contributed by atoms with van der Waals surface area (Å²) < 4.78 is 28.9. The molecule has 0 saturated carbocycles. The number of amides is 1. The first-order chi connectivity index (χ1) is 14.8. The maximum absolute atomic E-state index is 12.8. The summed E-state index contributed by atoms with van der Waals surface area (Å²) in [5, 5.41) is 4.62. The first-order valence-electron chi connectivity index (χ1n) is 10.0. The molecular weight excluding hydrogens is 438 g/mol. The molecule has 0 N–H and O–H groups in total. The Morgan fingerprint density at radius 1 is 1.19 bits per heavy atom. The van der Waals surface area contributed by atoms with Crippen molar-refractivity contribution < 1.29 is 17.7 Å². The first-order valence-corrected chi connectivity index (χ1v) is 12.3. The van der Waals surface area contributed by atoms with Gasteiger partial charge < -0.3 is 9.42 Å². The lowest BCUT2D eigenvalue weighted by molar-refractivity contribution is -0.118. The van der Waals surface area contributed by atoms with Gasteiger partial charge in [0.25, 0.3) is 0 Å². The van der Waals surface area contributed by atoms with E-state index in [2.05, 4.69) is 10.1 Å². The molecule has 3 aromatic rings. The summed E-state index contributed by atoms with van der Waals surface area (Å²) in [5.74, 6) is 0.977. The number of halogens is 1. The fourth-order valence-corrected chi connectivity index (χ4v) is 4.46. The van der Waals surface area contributed by atoms with Gasteiger partial charge in [0, 0.05) is 41.9 Å². The maximum atomic E-state index is 12.8. The second-order valence-corrected chi connectivity index (χ2v) is 10.0. The van der Waals surface area contributed by atoms with E-state index in [1.54, 1.807) is 35.2 Å². The molecule has 2 aromatic carbocycles. The van der Waals surface area contributed by atoms with Crippen LogP contribution in [-0.2, 0) is 27.5 Å². The van der Waals surface area contributed by atoms with Crippen molar-refractivity contribution in [1.82, 2.24) is 10.1 Å². The molecule has 0 spiro atoms. The van der Waals surface area contributed by atoms with Crippen LogP contribution in [0.5, 0.6) is 0 Å². The largest absolute Gasteiger partial charge is 0.339 e. The lowest BCUT2D eigenvalue weighted by Crippen LogP contribution is -2.35. The molecule has 0 radical (unpaired) electrons. The number of aryl methyl sites for hydroxylation is 2. The van der Waals surface area contributed by atoms with Crippen LogP contribution in [-0.4, -0.2) is 37.3 Å². The van der Waals surface area contributed by atoms with E-state index in [1.807, 2.05) is 12.1 Å². The number of sulfone groups is 1. The Bertz CT molecular complexity index is 1210. The maximum Gasteiger partial charge on any atom is 0.226 e. The lowest BCUT2D eigenvalue weighted by Gasteiger charge is -2.30. The van der Waals surface area contributed by atoms with Gasteiger partial charge in [-0.25, -0.2) is 8.42 Å². The van der Waals surface area contributed by atoms with Gasteiger partial charge in [-0.05, 0) is 67.3 Å². The van der Waals surface area contributed by atoms with Gasteiger partial charge in [-0.3, -0.25) is 4.79 Å². The SMILES string of the molecule is CS(=O)(=O)c1ccc2c(c1)CCCN2C(=O)CCCc1nc(-c2ccc(Cl)cc2)no1. The minimum atomic E-state index is -3.27. The molecule has 1 aromatic heterocycles. The minimum Gasteiger partial charge on any atom is -0.339 e. The van der Waals surface area contributed by atoms with Gasteiger partial charge in [0.15, 0.2) is 9.84 Å². The van der Waals surface area contributed by atoms with Crippen LogP contribution in [0, 0.1) is 0 Å². The zero-order valence-corrected chi connectivity index (χ0v) is 18.6. The summed E-state index contributed by atoms with van der Waals surface area (Å²) >= 11 is 5.90. The van der Waals surface area contributed by atoms with Gasteiger partial charge in [0.2, 0.25) is 17.6 Å². The van der Waals surface area contributed by atoms with Crippen LogP contribution in [0.2, 0.25) is 5.02 Å². The Balaban J connectivity index is 1.37. The van der Waals surface area contributed by atoms with Crippen molar-refractivity contribution in [1.29, 1.82) is 0 Å². The Labute approximate surface area is 185 Å². The fourth-order valence-electron chi connectivity index (χ4n) is 3.66. The van der Waals surface area contributed by atoms with Gasteiger partial charge in [-0.1, -0.05) is 16.8 Å². The molecule has 2 heterocycles. The quantitative estimate of drug-likeness (QED) is 0.551. The lowest BCUT2D eigenvalue weighted by atomic mass is 10.0. The van der Waals surface area contributed by atoms with E-state index < -0.39 is 9.84 Å². The van der Waals surface area contributed by atoms with Crippen LogP contribution in [0.1, 0.15) is 30.7 Å². The third-order valence-corrected chi connectivity index (χ3v) is 6.61. The number of benzene rings is 2. The Hall–Kier alpha value is -2.71. The van der Waals surface area contributed by atoms with Crippen LogP contribution in [0.15, 0.2) is 51.9 Å². The molecule has 7 nitrogen and oxygen atoms in total. The highest BCUT2D eigenvalue weighted by Gasteiger charge is 2.24. The molecule has 1 aliphatic rings. The average Bonchev–Trinajstić information content (AvgIpc) is 3.21. The summed E-state index contributed by atoms with van der Waals surface area (Å²) in [6.45, 7) is 0.630. The summed E-state index contributed by atoms with van der Waals surface area (Å²) in [7, 11) is -3.27. The standard InChI is InChI=1S/C22H22ClN3O4S/c1-31(28,29)18-11-12-19-16(14-18)4-3-13-26(19)21(27)6-2-5-20-24-22(25-30-20)15-7-9-17(23)10-8-15/h7-12,14H,2-6,13H2,1H3. The number of nitrogens with zero attached hydrogens (tertiary/aromatic N) is 3. The molecule has 0 fully saturated rings. The van der Waals surface area contributed by atoms with Crippen molar-refractivity contribution in [3.05, 3.63) is 58.9 Å². The zero-order valence-electron chi connectivity index (χ0n) is 17.0. The number of hydrogen-bond donors (Lipinski definition) is 0. The van der Waals surface area contributed by atoms with Gasteiger partial charge >= 0.3 is 0 Å². The van der Waals surface area contributed by atoms with Crippen LogP contribution in [0.3, 0.4) is 0 Å². The van der Waals surface area contributed by atoms with Crippen LogP contribution < -0.4 is 4.90 Å². The number of rotatable bonds is 6. The fraction of sp³-hybridized carbons (Fsp3) is 0.318. The second kappa shape index (κ2) is 8.80. The number of hydrogen-bond acceptors (Lipinski definition) is 6. The van der Waals surface area contributed by atoms with Crippen molar-refractivity contribution in [2.45, 2.75) is 37.0 Å². The smallest absolute Gasteiger partial charge is 0.226 e. The van der Waals surface area contributed by atoms with Crippen LogP contribution in [0.25, 0.3) is 11.4 Å². The van der Waals surface area contributed by atoms with Crippen LogP contribution >= 0.6 is 11.6 Å².